The molecule has 100 valence electrons. The molecule has 0 aliphatic carbocycles. The van der Waals surface area contributed by atoms with Crippen molar-refractivity contribution >= 4 is 11.8 Å². The fraction of sp³-hybridized carbons (Fsp3) is 0.600. The Morgan fingerprint density at radius 2 is 2.11 bits per heavy atom. The molecule has 3 heteroatoms. The third-order valence-electron chi connectivity index (χ3n) is 3.97. The smallest absolute Gasteiger partial charge is 0.0470 e. The number of benzene rings is 1. The van der Waals surface area contributed by atoms with Crippen molar-refractivity contribution in [3.63, 3.8) is 0 Å². The molecule has 1 saturated heterocycles. The predicted octanol–water partition coefficient (Wildman–Crippen LogP) is 2.69. The molecule has 0 amide bonds. The Labute approximate surface area is 115 Å². The lowest BCUT2D eigenvalue weighted by Crippen LogP contribution is -2.38. The van der Waals surface area contributed by atoms with Crippen LogP contribution >= 0.6 is 11.8 Å². The van der Waals surface area contributed by atoms with Crippen LogP contribution in [0.3, 0.4) is 0 Å². The van der Waals surface area contributed by atoms with E-state index in [4.69, 9.17) is 5.73 Å². The first kappa shape index (κ1) is 13.9. The minimum absolute atomic E-state index is 0.361. The van der Waals surface area contributed by atoms with E-state index in [1.807, 2.05) is 0 Å². The molecule has 1 aromatic carbocycles. The summed E-state index contributed by atoms with van der Waals surface area (Å²) in [5, 5.41) is 0. The van der Waals surface area contributed by atoms with Crippen molar-refractivity contribution in [3.05, 3.63) is 35.4 Å². The van der Waals surface area contributed by atoms with Crippen LogP contribution in [-0.2, 0) is 6.42 Å². The Hall–Kier alpha value is -0.510. The van der Waals surface area contributed by atoms with Gasteiger partial charge in [-0.25, -0.2) is 0 Å². The fourth-order valence-electron chi connectivity index (χ4n) is 2.61. The maximum Gasteiger partial charge on any atom is 0.0470 e. The minimum atomic E-state index is 0.361. The average Bonchev–Trinajstić information content (AvgIpc) is 2.94. The van der Waals surface area contributed by atoms with E-state index in [1.165, 1.54) is 29.1 Å². The molecule has 2 nitrogen and oxygen atoms in total. The van der Waals surface area contributed by atoms with Crippen LogP contribution in [-0.4, -0.2) is 36.0 Å². The molecule has 0 spiro atoms. The molecule has 1 aliphatic rings. The van der Waals surface area contributed by atoms with Crippen molar-refractivity contribution < 1.29 is 0 Å². The van der Waals surface area contributed by atoms with Crippen molar-refractivity contribution in [2.24, 2.45) is 5.73 Å². The molecule has 1 heterocycles. The van der Waals surface area contributed by atoms with Crippen LogP contribution in [0.2, 0.25) is 0 Å². The number of rotatable bonds is 5. The fourth-order valence-corrected chi connectivity index (χ4v) is 3.89. The largest absolute Gasteiger partial charge is 0.329 e. The van der Waals surface area contributed by atoms with E-state index >= 15 is 0 Å². The van der Waals surface area contributed by atoms with E-state index in [0.29, 0.717) is 18.6 Å². The molecule has 2 rings (SSSR count). The highest BCUT2D eigenvalue weighted by molar-refractivity contribution is 7.99. The summed E-state index contributed by atoms with van der Waals surface area (Å²) in [5.74, 6) is 2.54. The van der Waals surface area contributed by atoms with Gasteiger partial charge in [-0.1, -0.05) is 31.2 Å². The normalized spacial score (nSPS) is 21.4. The average molecular weight is 264 g/mol. The Bertz CT molecular complexity index is 357. The highest BCUT2D eigenvalue weighted by atomic mass is 32.2. The molecule has 0 aromatic heterocycles. The monoisotopic (exact) mass is 264 g/mol. The minimum Gasteiger partial charge on any atom is -0.329 e. The summed E-state index contributed by atoms with van der Waals surface area (Å²) in [7, 11) is 2.22. The molecule has 1 fully saturated rings. The van der Waals surface area contributed by atoms with Crippen LogP contribution in [0, 0.1) is 0 Å². The summed E-state index contributed by atoms with van der Waals surface area (Å²) in [6.07, 6.45) is 2.40. The predicted molar refractivity (Wildman–Crippen MR) is 81.1 cm³/mol. The van der Waals surface area contributed by atoms with Gasteiger partial charge >= 0.3 is 0 Å². The summed E-state index contributed by atoms with van der Waals surface area (Å²) in [6.45, 7) is 2.89. The molecule has 2 N–H and O–H groups in total. The van der Waals surface area contributed by atoms with Crippen molar-refractivity contribution in [2.45, 2.75) is 31.8 Å². The van der Waals surface area contributed by atoms with Crippen molar-refractivity contribution in [1.82, 2.24) is 4.90 Å². The highest BCUT2D eigenvalue weighted by Crippen LogP contribution is 2.28. The van der Waals surface area contributed by atoms with Gasteiger partial charge in [0.05, 0.1) is 0 Å². The van der Waals surface area contributed by atoms with Gasteiger partial charge in [-0.2, -0.15) is 11.8 Å². The lowest BCUT2D eigenvalue weighted by atomic mass is 10.0. The number of nitrogens with two attached hydrogens (primary N) is 1. The highest BCUT2D eigenvalue weighted by Gasteiger charge is 2.26. The first-order chi connectivity index (χ1) is 8.76. The maximum absolute atomic E-state index is 6.00. The number of nitrogens with zero attached hydrogens (tertiary/aromatic N) is 1. The number of likely N-dealkylation sites (N-methyl/N-ethyl adjacent to an activating group) is 1. The standard InChI is InChI=1S/C15H24N2S/c1-3-12-4-6-13(7-5-12)15(10-16)17(2)14-8-9-18-11-14/h4-7,14-15H,3,8-11,16H2,1-2H3. The second kappa shape index (κ2) is 6.60. The molecule has 1 aromatic rings. The summed E-state index contributed by atoms with van der Waals surface area (Å²) in [6, 6.07) is 10.0. The van der Waals surface area contributed by atoms with Gasteiger partial charge in [0, 0.05) is 24.4 Å². The molecule has 18 heavy (non-hydrogen) atoms. The number of hydrogen-bond acceptors (Lipinski definition) is 3. The number of thioether (sulfide) groups is 1. The van der Waals surface area contributed by atoms with Crippen LogP contribution in [0.15, 0.2) is 24.3 Å². The van der Waals surface area contributed by atoms with Gasteiger partial charge in [-0.3, -0.25) is 4.90 Å². The van der Waals surface area contributed by atoms with Gasteiger partial charge in [0.1, 0.15) is 0 Å². The number of hydrogen-bond donors (Lipinski definition) is 1. The molecular formula is C15H24N2S. The van der Waals surface area contributed by atoms with Crippen molar-refractivity contribution in [1.29, 1.82) is 0 Å². The third-order valence-corrected chi connectivity index (χ3v) is 5.11. The first-order valence-electron chi connectivity index (χ1n) is 6.84. The Balaban J connectivity index is 2.10. The Kier molecular flexibility index (Phi) is 5.10. The molecule has 0 saturated carbocycles. The quantitative estimate of drug-likeness (QED) is 0.886. The third kappa shape index (κ3) is 3.08. The van der Waals surface area contributed by atoms with E-state index in [0.717, 1.165) is 6.42 Å². The van der Waals surface area contributed by atoms with E-state index in [2.05, 4.69) is 54.9 Å². The molecule has 0 bridgehead atoms. The zero-order valence-corrected chi connectivity index (χ0v) is 12.2. The van der Waals surface area contributed by atoms with Gasteiger partial charge in [0.2, 0.25) is 0 Å². The van der Waals surface area contributed by atoms with Gasteiger partial charge in [0.25, 0.3) is 0 Å². The Morgan fingerprint density at radius 1 is 1.39 bits per heavy atom. The van der Waals surface area contributed by atoms with Crippen molar-refractivity contribution in [3.8, 4) is 0 Å². The van der Waals surface area contributed by atoms with Gasteiger partial charge in [-0.15, -0.1) is 0 Å². The van der Waals surface area contributed by atoms with E-state index in [-0.39, 0.29) is 0 Å². The zero-order valence-electron chi connectivity index (χ0n) is 11.4. The molecule has 0 radical (unpaired) electrons. The first-order valence-corrected chi connectivity index (χ1v) is 8.00. The SMILES string of the molecule is CCc1ccc(C(CN)N(C)C2CCSC2)cc1. The molecular weight excluding hydrogens is 240 g/mol. The van der Waals surface area contributed by atoms with Crippen LogP contribution in [0.4, 0.5) is 0 Å². The van der Waals surface area contributed by atoms with Crippen molar-refractivity contribution in [2.75, 3.05) is 25.1 Å². The van der Waals surface area contributed by atoms with Crippen LogP contribution < -0.4 is 5.73 Å². The van der Waals surface area contributed by atoms with E-state index < -0.39 is 0 Å². The summed E-state index contributed by atoms with van der Waals surface area (Å²) in [5.41, 5.74) is 8.75. The maximum atomic E-state index is 6.00. The van der Waals surface area contributed by atoms with Gasteiger partial charge < -0.3 is 5.73 Å². The van der Waals surface area contributed by atoms with Gasteiger partial charge in [0.15, 0.2) is 0 Å². The van der Waals surface area contributed by atoms with Gasteiger partial charge in [-0.05, 0) is 36.8 Å². The summed E-state index contributed by atoms with van der Waals surface area (Å²) in [4.78, 5) is 2.47. The van der Waals surface area contributed by atoms with E-state index in [1.54, 1.807) is 0 Å². The van der Waals surface area contributed by atoms with Crippen LogP contribution in [0.25, 0.3) is 0 Å². The topological polar surface area (TPSA) is 29.3 Å². The lowest BCUT2D eigenvalue weighted by Gasteiger charge is -2.32. The van der Waals surface area contributed by atoms with E-state index in [9.17, 15) is 0 Å². The molecule has 2 atom stereocenters. The second-order valence-electron chi connectivity index (χ2n) is 5.03. The Morgan fingerprint density at radius 3 is 2.61 bits per heavy atom. The second-order valence-corrected chi connectivity index (χ2v) is 6.18. The number of aryl methyl sites for hydroxylation is 1. The van der Waals surface area contributed by atoms with Crippen LogP contribution in [0.5, 0.6) is 0 Å². The zero-order chi connectivity index (χ0) is 13.0. The molecule has 2 unspecified atom stereocenters. The summed E-state index contributed by atoms with van der Waals surface area (Å²) < 4.78 is 0. The lowest BCUT2D eigenvalue weighted by molar-refractivity contribution is 0.193. The summed E-state index contributed by atoms with van der Waals surface area (Å²) >= 11 is 2.06. The molecule has 1 aliphatic heterocycles. The van der Waals surface area contributed by atoms with Crippen LogP contribution in [0.1, 0.15) is 30.5 Å².